The molecule has 1 aromatic heterocycles. The summed E-state index contributed by atoms with van der Waals surface area (Å²) in [7, 11) is -0.880. The summed E-state index contributed by atoms with van der Waals surface area (Å²) in [5.41, 5.74) is 5.23. The Balaban J connectivity index is 3.55. The zero-order chi connectivity index (χ0) is 2.99. The van der Waals surface area contributed by atoms with Crippen molar-refractivity contribution in [2.75, 3.05) is 0 Å². The summed E-state index contributed by atoms with van der Waals surface area (Å²) in [6, 6.07) is 0. The van der Waals surface area contributed by atoms with Crippen molar-refractivity contribution >= 4 is 8.19 Å². The molecular weight excluding hydrogens is 66.1 g/mol. The molecule has 0 aliphatic heterocycles. The first-order chi connectivity index (χ1) is 1.89. The van der Waals surface area contributed by atoms with Crippen LogP contribution in [0.2, 0.25) is 0 Å². The normalized spacial score (nSPS) is 7.00. The second kappa shape index (κ2) is 0.306. The van der Waals surface area contributed by atoms with E-state index in [1.165, 1.54) is 0 Å². The largest absolute Gasteiger partial charge is 0.327 e. The topological polar surface area (TPSA) is 23.9 Å². The first-order valence-corrected chi connectivity index (χ1v) is 2.50. The van der Waals surface area contributed by atoms with Crippen LogP contribution in [0, 0.1) is 16.4 Å². The molecule has 0 saturated heterocycles. The molecular formula is C2HNSi. The summed E-state index contributed by atoms with van der Waals surface area (Å²) in [4.78, 5) is 0. The molecule has 0 fully saturated rings. The number of hydrogen-bond donors (Lipinski definition) is 1. The van der Waals surface area contributed by atoms with E-state index in [-0.39, 0.29) is 0 Å². The van der Waals surface area contributed by atoms with Gasteiger partial charge in [0.05, 0.1) is 0 Å². The lowest BCUT2D eigenvalue weighted by atomic mass is 11.4. The predicted molar refractivity (Wildman–Crippen MR) is 15.0 cm³/mol. The van der Waals surface area contributed by atoms with Crippen LogP contribution in [0.15, 0.2) is 0 Å². The molecule has 0 saturated carbocycles. The van der Waals surface area contributed by atoms with E-state index >= 15 is 0 Å². The fraction of sp³-hybridized carbons (Fsp3) is 0. The van der Waals surface area contributed by atoms with Gasteiger partial charge in [0.15, 0.2) is 0 Å². The average molecular weight is 67.1 g/mol. The highest BCUT2D eigenvalue weighted by atomic mass is 28.2. The van der Waals surface area contributed by atoms with Crippen molar-refractivity contribution in [1.82, 2.24) is 0 Å². The van der Waals surface area contributed by atoms with E-state index in [0.29, 0.717) is 0 Å². The average Bonchev–Trinajstić information content (AvgIpc) is 1.75. The third-order valence-electron chi connectivity index (χ3n) is 0.250. The molecule has 0 bridgehead atoms. The smallest absolute Gasteiger partial charge is 0.295 e. The van der Waals surface area contributed by atoms with Crippen molar-refractivity contribution in [3.05, 3.63) is 11.4 Å². The van der Waals surface area contributed by atoms with E-state index in [1.54, 1.807) is 0 Å². The van der Waals surface area contributed by atoms with Crippen molar-refractivity contribution in [2.45, 2.75) is 0 Å². The molecule has 0 atom stereocenters. The van der Waals surface area contributed by atoms with Crippen LogP contribution in [0.1, 0.15) is 0 Å². The molecule has 2 heteroatoms. The van der Waals surface area contributed by atoms with E-state index in [1.807, 2.05) is 0 Å². The zero-order valence-electron chi connectivity index (χ0n) is 2.00. The Labute approximate surface area is 25.6 Å². The van der Waals surface area contributed by atoms with Gasteiger partial charge in [0.25, 0.3) is 8.19 Å². The molecule has 0 aliphatic rings. The van der Waals surface area contributed by atoms with E-state index in [0.717, 1.165) is 0 Å². The molecule has 1 aromatic rings. The van der Waals surface area contributed by atoms with Gasteiger partial charge in [-0.2, -0.15) is 0 Å². The van der Waals surface area contributed by atoms with Crippen molar-refractivity contribution in [3.63, 3.8) is 0 Å². The summed E-state index contributed by atoms with van der Waals surface area (Å²) in [6.45, 7) is 0. The Morgan fingerprint density at radius 2 is 1.75 bits per heavy atom. The summed E-state index contributed by atoms with van der Waals surface area (Å²) in [5.74, 6) is 0. The Hall–Kier alpha value is -0.423. The lowest BCUT2D eigenvalue weighted by Gasteiger charge is -1.13. The van der Waals surface area contributed by atoms with Crippen LogP contribution in [-0.2, 0) is 0 Å². The van der Waals surface area contributed by atoms with Gasteiger partial charge in [0, 0.05) is 0 Å². The van der Waals surface area contributed by atoms with Gasteiger partial charge < -0.3 is 5.05 Å². The molecule has 18 valence electrons. The minimum Gasteiger partial charge on any atom is -0.327 e. The lowest BCUT2D eigenvalue weighted by Crippen LogP contribution is -1.38. The van der Waals surface area contributed by atoms with Gasteiger partial charge in [-0.25, -0.2) is 0 Å². The van der Waals surface area contributed by atoms with Gasteiger partial charge in [-0.15, -0.1) is 0 Å². The van der Waals surface area contributed by atoms with E-state index in [4.69, 9.17) is 5.05 Å². The maximum absolute atomic E-state index is 6.57. The third kappa shape index (κ3) is 0.0790. The molecule has 0 aromatic carbocycles. The van der Waals surface area contributed by atoms with E-state index < -0.39 is 8.19 Å². The summed E-state index contributed by atoms with van der Waals surface area (Å²) in [5, 5.41) is 6.57. The second-order valence-corrected chi connectivity index (χ2v) is 1.88. The van der Waals surface area contributed by atoms with Crippen LogP contribution >= 0.6 is 0 Å². The molecule has 0 aliphatic carbocycles. The second-order valence-electron chi connectivity index (χ2n) is 0.625. The zero-order valence-corrected chi connectivity index (χ0v) is 3.00. The molecule has 1 heterocycles. The molecule has 1 N–H and O–H groups in total. The van der Waals surface area contributed by atoms with Crippen LogP contribution in [0.3, 0.4) is 0 Å². The van der Waals surface area contributed by atoms with Crippen molar-refractivity contribution in [2.24, 2.45) is 0 Å². The van der Waals surface area contributed by atoms with E-state index in [2.05, 4.69) is 11.4 Å². The molecule has 1 rings (SSSR count). The van der Waals surface area contributed by atoms with E-state index in [9.17, 15) is 0 Å². The Morgan fingerprint density at radius 3 is 1.75 bits per heavy atom. The van der Waals surface area contributed by atoms with Crippen LogP contribution in [0.25, 0.3) is 0 Å². The van der Waals surface area contributed by atoms with Gasteiger partial charge in [-0.3, -0.25) is 0 Å². The third-order valence-corrected chi connectivity index (χ3v) is 0.750. The van der Waals surface area contributed by atoms with Crippen molar-refractivity contribution < 1.29 is 0 Å². The standard InChI is InChI=1S/C2HNSi/c3-4-1-2-4/h3H. The molecule has 0 amide bonds. The number of nitrogens with one attached hydrogen (secondary N) is 1. The van der Waals surface area contributed by atoms with Gasteiger partial charge in [-0.05, 0) is 0 Å². The maximum atomic E-state index is 6.57. The molecule has 1 nitrogen and oxygen atoms in total. The minimum atomic E-state index is -0.880. The Bertz CT molecular complexity index is 94.8. The fourth-order valence-electron chi connectivity index (χ4n) is 0.0312. The maximum Gasteiger partial charge on any atom is 0.295 e. The summed E-state index contributed by atoms with van der Waals surface area (Å²) >= 11 is 0. The SMILES string of the molecule is N=[si]1c#c1. The highest BCUT2D eigenvalue weighted by molar-refractivity contribution is 6.38. The van der Waals surface area contributed by atoms with Crippen LogP contribution < -0.4 is 0 Å². The molecule has 0 radical (unpaired) electrons. The van der Waals surface area contributed by atoms with Crippen LogP contribution in [-0.4, -0.2) is 8.19 Å². The van der Waals surface area contributed by atoms with Crippen LogP contribution in [0.4, 0.5) is 0 Å². The minimum absolute atomic E-state index is 0.880. The number of hydrogen-bond acceptors (Lipinski definition) is 1. The first kappa shape index (κ1) is 1.86. The molecule has 0 unspecified atom stereocenters. The monoisotopic (exact) mass is 67.0 g/mol. The Kier molecular flexibility index (Phi) is 0.142. The van der Waals surface area contributed by atoms with Crippen LogP contribution in [0.5, 0.6) is 0 Å². The highest BCUT2D eigenvalue weighted by Gasteiger charge is 1.68. The molecule has 4 heavy (non-hydrogen) atoms. The lowest BCUT2D eigenvalue weighted by molar-refractivity contribution is 1.62. The van der Waals surface area contributed by atoms with Gasteiger partial charge in [-0.1, -0.05) is 11.4 Å². The van der Waals surface area contributed by atoms with Gasteiger partial charge >= 0.3 is 0 Å². The van der Waals surface area contributed by atoms with Gasteiger partial charge in [0.1, 0.15) is 0 Å². The number of rotatable bonds is 0. The Morgan fingerprint density at radius 1 is 1.50 bits per heavy atom. The first-order valence-electron chi connectivity index (χ1n) is 1.00. The van der Waals surface area contributed by atoms with Crippen molar-refractivity contribution in [3.8, 4) is 0 Å². The quantitative estimate of drug-likeness (QED) is 0.415. The summed E-state index contributed by atoms with van der Waals surface area (Å²) in [6.07, 6.45) is 0. The highest BCUT2D eigenvalue weighted by Crippen LogP contribution is 1.52. The fourth-order valence-corrected chi connectivity index (χ4v) is 0.281. The van der Waals surface area contributed by atoms with Crippen molar-refractivity contribution in [1.29, 1.82) is 5.05 Å². The summed E-state index contributed by atoms with van der Waals surface area (Å²) < 4.78 is 0. The molecule has 0 spiro atoms. The predicted octanol–water partition coefficient (Wildman–Crippen LogP) is 0.0798. The van der Waals surface area contributed by atoms with Gasteiger partial charge in [0.2, 0.25) is 0 Å².